The lowest BCUT2D eigenvalue weighted by atomic mass is 9.83. The molecule has 0 aromatic carbocycles. The van der Waals surface area contributed by atoms with Crippen molar-refractivity contribution in [1.29, 1.82) is 0 Å². The van der Waals surface area contributed by atoms with E-state index in [9.17, 15) is 4.79 Å². The highest BCUT2D eigenvalue weighted by molar-refractivity contribution is 5.67. The Bertz CT molecular complexity index is 357. The van der Waals surface area contributed by atoms with Gasteiger partial charge < -0.3 is 15.4 Å². The molecule has 2 N–H and O–H groups in total. The van der Waals surface area contributed by atoms with Crippen LogP contribution in [0.15, 0.2) is 0 Å². The second kappa shape index (κ2) is 8.91. The maximum Gasteiger partial charge on any atom is 0.407 e. The molecule has 2 aliphatic rings. The van der Waals surface area contributed by atoms with E-state index in [-0.39, 0.29) is 6.09 Å². The fourth-order valence-electron chi connectivity index (χ4n) is 3.95. The van der Waals surface area contributed by atoms with Crippen LogP contribution in [0.25, 0.3) is 0 Å². The SMILES string of the molecule is CC(C)(C)OC(=O)NCC1CCCCC1NC1CCCCCC1. The van der Waals surface area contributed by atoms with Crippen molar-refractivity contribution in [3.63, 3.8) is 0 Å². The highest BCUT2D eigenvalue weighted by Crippen LogP contribution is 2.26. The number of nitrogens with one attached hydrogen (secondary N) is 2. The van der Waals surface area contributed by atoms with Gasteiger partial charge in [0.15, 0.2) is 0 Å². The fourth-order valence-corrected chi connectivity index (χ4v) is 3.95. The third-order valence-electron chi connectivity index (χ3n) is 5.12. The Balaban J connectivity index is 1.79. The Morgan fingerprint density at radius 1 is 0.957 bits per heavy atom. The molecule has 4 nitrogen and oxygen atoms in total. The number of hydrogen-bond donors (Lipinski definition) is 2. The topological polar surface area (TPSA) is 50.4 Å². The molecule has 0 aromatic heterocycles. The van der Waals surface area contributed by atoms with Gasteiger partial charge in [0.2, 0.25) is 0 Å². The summed E-state index contributed by atoms with van der Waals surface area (Å²) in [5, 5.41) is 6.92. The lowest BCUT2D eigenvalue weighted by Crippen LogP contribution is -2.48. The molecule has 0 saturated heterocycles. The molecule has 2 rings (SSSR count). The van der Waals surface area contributed by atoms with Gasteiger partial charge in [-0.2, -0.15) is 0 Å². The molecular weight excluding hydrogens is 288 g/mol. The standard InChI is InChI=1S/C19H36N2O2/c1-19(2,3)23-18(22)20-14-15-10-8-9-13-17(15)21-16-11-6-4-5-7-12-16/h15-17,21H,4-14H2,1-3H3,(H,20,22). The van der Waals surface area contributed by atoms with Crippen molar-refractivity contribution in [3.8, 4) is 0 Å². The van der Waals surface area contributed by atoms with Crippen LogP contribution >= 0.6 is 0 Å². The maximum atomic E-state index is 11.9. The number of rotatable bonds is 4. The molecule has 2 atom stereocenters. The summed E-state index contributed by atoms with van der Waals surface area (Å²) in [5.74, 6) is 0.541. The van der Waals surface area contributed by atoms with Crippen LogP contribution < -0.4 is 10.6 Å². The Morgan fingerprint density at radius 3 is 2.22 bits per heavy atom. The molecule has 1 amide bonds. The van der Waals surface area contributed by atoms with Crippen molar-refractivity contribution < 1.29 is 9.53 Å². The predicted octanol–water partition coefficient (Wildman–Crippen LogP) is 4.38. The van der Waals surface area contributed by atoms with Crippen LogP contribution in [0.5, 0.6) is 0 Å². The minimum Gasteiger partial charge on any atom is -0.444 e. The molecule has 0 bridgehead atoms. The zero-order valence-corrected chi connectivity index (χ0v) is 15.3. The Kier molecular flexibility index (Phi) is 7.19. The van der Waals surface area contributed by atoms with Crippen molar-refractivity contribution in [2.24, 2.45) is 5.92 Å². The van der Waals surface area contributed by atoms with E-state index in [0.29, 0.717) is 18.0 Å². The van der Waals surface area contributed by atoms with Crippen LogP contribution in [0.3, 0.4) is 0 Å². The molecule has 2 aliphatic carbocycles. The first-order chi connectivity index (χ1) is 10.9. The zero-order valence-electron chi connectivity index (χ0n) is 15.3. The quantitative estimate of drug-likeness (QED) is 0.754. The Morgan fingerprint density at radius 2 is 1.57 bits per heavy atom. The third-order valence-corrected chi connectivity index (χ3v) is 5.12. The molecule has 2 saturated carbocycles. The number of hydrogen-bond acceptors (Lipinski definition) is 3. The van der Waals surface area contributed by atoms with Gasteiger partial charge in [-0.05, 0) is 52.4 Å². The molecule has 0 spiro atoms. The monoisotopic (exact) mass is 324 g/mol. The summed E-state index contributed by atoms with van der Waals surface area (Å²) in [6.45, 7) is 6.45. The van der Waals surface area contributed by atoms with E-state index in [1.54, 1.807) is 0 Å². The minimum atomic E-state index is -0.422. The summed E-state index contributed by atoms with van der Waals surface area (Å²) < 4.78 is 5.36. The number of amides is 1. The van der Waals surface area contributed by atoms with Crippen molar-refractivity contribution >= 4 is 6.09 Å². The second-order valence-corrected chi connectivity index (χ2v) is 8.39. The molecule has 2 fully saturated rings. The summed E-state index contributed by atoms with van der Waals surface area (Å²) in [4.78, 5) is 11.9. The molecule has 0 radical (unpaired) electrons. The van der Waals surface area contributed by atoms with Crippen LogP contribution in [0, 0.1) is 5.92 Å². The molecule has 0 heterocycles. The van der Waals surface area contributed by atoms with Gasteiger partial charge in [-0.3, -0.25) is 0 Å². The van der Waals surface area contributed by atoms with Crippen LogP contribution in [0.1, 0.15) is 85.0 Å². The average molecular weight is 325 g/mol. The largest absolute Gasteiger partial charge is 0.444 e. The van der Waals surface area contributed by atoms with Crippen molar-refractivity contribution in [1.82, 2.24) is 10.6 Å². The smallest absolute Gasteiger partial charge is 0.407 e. The van der Waals surface area contributed by atoms with Gasteiger partial charge in [0.1, 0.15) is 5.60 Å². The number of carbonyl (C=O) groups excluding carboxylic acids is 1. The highest BCUT2D eigenvalue weighted by atomic mass is 16.6. The van der Waals surface area contributed by atoms with Crippen LogP contribution in [0.4, 0.5) is 4.79 Å². The van der Waals surface area contributed by atoms with Crippen molar-refractivity contribution in [3.05, 3.63) is 0 Å². The summed E-state index contributed by atoms with van der Waals surface area (Å²) in [6.07, 6.45) is 12.9. The fraction of sp³-hybridized carbons (Fsp3) is 0.947. The lowest BCUT2D eigenvalue weighted by molar-refractivity contribution is 0.0509. The number of alkyl carbamates (subject to hydrolysis) is 1. The molecule has 23 heavy (non-hydrogen) atoms. The summed E-state index contributed by atoms with van der Waals surface area (Å²) in [7, 11) is 0. The average Bonchev–Trinajstić information content (AvgIpc) is 2.73. The van der Waals surface area contributed by atoms with Crippen LogP contribution in [0.2, 0.25) is 0 Å². The van der Waals surface area contributed by atoms with E-state index in [1.165, 1.54) is 64.2 Å². The van der Waals surface area contributed by atoms with E-state index >= 15 is 0 Å². The molecular formula is C19H36N2O2. The minimum absolute atomic E-state index is 0.281. The Labute approximate surface area is 142 Å². The third kappa shape index (κ3) is 7.11. The zero-order chi connectivity index (χ0) is 16.7. The molecule has 0 aliphatic heterocycles. The van der Waals surface area contributed by atoms with Crippen molar-refractivity contribution in [2.45, 2.75) is 103 Å². The first-order valence-corrected chi connectivity index (χ1v) is 9.67. The first kappa shape index (κ1) is 18.6. The van der Waals surface area contributed by atoms with E-state index in [4.69, 9.17) is 4.74 Å². The Hall–Kier alpha value is -0.770. The van der Waals surface area contributed by atoms with Gasteiger partial charge in [-0.25, -0.2) is 4.79 Å². The summed E-state index contributed by atoms with van der Waals surface area (Å²) in [6, 6.07) is 1.24. The second-order valence-electron chi connectivity index (χ2n) is 8.39. The van der Waals surface area contributed by atoms with Crippen LogP contribution in [-0.2, 0) is 4.74 Å². The number of ether oxygens (including phenoxy) is 1. The first-order valence-electron chi connectivity index (χ1n) is 9.67. The molecule has 0 aromatic rings. The van der Waals surface area contributed by atoms with Gasteiger partial charge >= 0.3 is 6.09 Å². The lowest BCUT2D eigenvalue weighted by Gasteiger charge is -2.35. The van der Waals surface area contributed by atoms with Crippen molar-refractivity contribution in [2.75, 3.05) is 6.54 Å². The highest BCUT2D eigenvalue weighted by Gasteiger charge is 2.28. The van der Waals surface area contributed by atoms with Gasteiger partial charge in [0, 0.05) is 18.6 Å². The van der Waals surface area contributed by atoms with E-state index < -0.39 is 5.60 Å². The molecule has 134 valence electrons. The predicted molar refractivity (Wildman–Crippen MR) is 94.6 cm³/mol. The van der Waals surface area contributed by atoms with Crippen LogP contribution in [-0.4, -0.2) is 30.3 Å². The molecule has 2 unspecified atom stereocenters. The van der Waals surface area contributed by atoms with Gasteiger partial charge in [0.05, 0.1) is 0 Å². The van der Waals surface area contributed by atoms with Gasteiger partial charge in [-0.1, -0.05) is 38.5 Å². The number of carbonyl (C=O) groups is 1. The normalized spacial score (nSPS) is 27.3. The maximum absolute atomic E-state index is 11.9. The summed E-state index contributed by atoms with van der Waals surface area (Å²) in [5.41, 5.74) is -0.422. The van der Waals surface area contributed by atoms with Gasteiger partial charge in [-0.15, -0.1) is 0 Å². The van der Waals surface area contributed by atoms with E-state index in [1.807, 2.05) is 20.8 Å². The van der Waals surface area contributed by atoms with E-state index in [0.717, 1.165) is 6.54 Å². The van der Waals surface area contributed by atoms with E-state index in [2.05, 4.69) is 10.6 Å². The van der Waals surface area contributed by atoms with Gasteiger partial charge in [0.25, 0.3) is 0 Å². The summed E-state index contributed by atoms with van der Waals surface area (Å²) >= 11 is 0. The molecule has 4 heteroatoms.